The van der Waals surface area contributed by atoms with E-state index in [0.29, 0.717) is 31.4 Å². The minimum Gasteiger partial charge on any atom is -0.465 e. The molecule has 0 bridgehead atoms. The molecule has 1 rings (SSSR count). The number of esters is 1. The van der Waals surface area contributed by atoms with Gasteiger partial charge in [0.1, 0.15) is 13.5 Å². The Morgan fingerprint density at radius 3 is 2.69 bits per heavy atom. The SMILES string of the molecule is C[B]CCC(=O)NCCCC(N=[N+]=[N-])OCc1ccc(C(=O)OC)cc1. The second-order valence-electron chi connectivity index (χ2n) is 5.60. The van der Waals surface area contributed by atoms with E-state index in [9.17, 15) is 9.59 Å². The maximum absolute atomic E-state index is 11.5. The van der Waals surface area contributed by atoms with Crippen molar-refractivity contribution in [1.29, 1.82) is 0 Å². The Morgan fingerprint density at radius 1 is 1.35 bits per heavy atom. The third-order valence-corrected chi connectivity index (χ3v) is 3.61. The fourth-order valence-electron chi connectivity index (χ4n) is 2.15. The van der Waals surface area contributed by atoms with Gasteiger partial charge in [0.05, 0.1) is 19.3 Å². The molecule has 139 valence electrons. The predicted octanol–water partition coefficient (Wildman–Crippen LogP) is 3.08. The lowest BCUT2D eigenvalue weighted by molar-refractivity contribution is -0.120. The van der Waals surface area contributed by atoms with Gasteiger partial charge >= 0.3 is 5.97 Å². The van der Waals surface area contributed by atoms with Crippen LogP contribution >= 0.6 is 0 Å². The van der Waals surface area contributed by atoms with Crippen LogP contribution in [-0.4, -0.2) is 39.0 Å². The average molecular weight is 359 g/mol. The van der Waals surface area contributed by atoms with Crippen molar-refractivity contribution in [3.8, 4) is 0 Å². The second-order valence-corrected chi connectivity index (χ2v) is 5.60. The number of methoxy groups -OCH3 is 1. The lowest BCUT2D eigenvalue weighted by Crippen LogP contribution is -2.25. The van der Waals surface area contributed by atoms with Gasteiger partial charge in [0.15, 0.2) is 0 Å². The van der Waals surface area contributed by atoms with Gasteiger partial charge in [-0.3, -0.25) is 4.79 Å². The molecule has 1 aromatic carbocycles. The molecule has 1 radical (unpaired) electrons. The quantitative estimate of drug-likeness (QED) is 0.154. The summed E-state index contributed by atoms with van der Waals surface area (Å²) in [6.45, 7) is 2.68. The first kappa shape index (κ1) is 21.5. The van der Waals surface area contributed by atoms with Crippen molar-refractivity contribution in [2.75, 3.05) is 13.7 Å². The molecule has 8 nitrogen and oxygen atoms in total. The fraction of sp³-hybridized carbons (Fsp3) is 0.529. The lowest BCUT2D eigenvalue weighted by Gasteiger charge is -2.13. The highest BCUT2D eigenvalue weighted by molar-refractivity contribution is 6.33. The van der Waals surface area contributed by atoms with Crippen LogP contribution in [0.15, 0.2) is 29.4 Å². The average Bonchev–Trinajstić information content (AvgIpc) is 2.67. The smallest absolute Gasteiger partial charge is 0.337 e. The number of amides is 1. The van der Waals surface area contributed by atoms with Crippen LogP contribution < -0.4 is 5.32 Å². The number of hydrogen-bond acceptors (Lipinski definition) is 5. The van der Waals surface area contributed by atoms with E-state index in [1.165, 1.54) is 7.11 Å². The first-order valence-corrected chi connectivity index (χ1v) is 8.48. The largest absolute Gasteiger partial charge is 0.465 e. The van der Waals surface area contributed by atoms with Gasteiger partial charge in [-0.25, -0.2) is 4.79 Å². The monoisotopic (exact) mass is 359 g/mol. The van der Waals surface area contributed by atoms with Crippen LogP contribution in [0, 0.1) is 0 Å². The number of hydrogen-bond donors (Lipinski definition) is 1. The number of ether oxygens (including phenoxy) is 2. The minimum atomic E-state index is -0.610. The van der Waals surface area contributed by atoms with E-state index in [1.54, 1.807) is 24.3 Å². The molecule has 9 heteroatoms. The van der Waals surface area contributed by atoms with Gasteiger partial charge in [0.2, 0.25) is 5.91 Å². The summed E-state index contributed by atoms with van der Waals surface area (Å²) in [5, 5.41) is 6.45. The Bertz CT molecular complexity index is 618. The van der Waals surface area contributed by atoms with Gasteiger partial charge in [-0.05, 0) is 36.1 Å². The Morgan fingerprint density at radius 2 is 2.08 bits per heavy atom. The van der Waals surface area contributed by atoms with Crippen molar-refractivity contribution in [1.82, 2.24) is 5.32 Å². The van der Waals surface area contributed by atoms with E-state index in [-0.39, 0.29) is 12.5 Å². The Labute approximate surface area is 154 Å². The number of carbonyl (C=O) groups excluding carboxylic acids is 2. The summed E-state index contributed by atoms with van der Waals surface area (Å²) in [6, 6.07) is 6.81. The Balaban J connectivity index is 2.37. The molecule has 1 amide bonds. The molecule has 0 aliphatic carbocycles. The molecule has 0 aliphatic rings. The summed E-state index contributed by atoms with van der Waals surface area (Å²) in [4.78, 5) is 25.7. The van der Waals surface area contributed by atoms with E-state index >= 15 is 0 Å². The summed E-state index contributed by atoms with van der Waals surface area (Å²) < 4.78 is 10.3. The zero-order chi connectivity index (χ0) is 19.2. The van der Waals surface area contributed by atoms with Crippen LogP contribution in [-0.2, 0) is 20.9 Å². The molecular formula is C17H24BN4O4. The molecule has 0 saturated heterocycles. The highest BCUT2D eigenvalue weighted by atomic mass is 16.5. The standard InChI is InChI=1S/C17H24BN4O4/c1-18-10-9-15(23)20-11-3-4-16(21-22-19)26-12-13-5-7-14(8-6-13)17(24)25-2/h5-8,16H,3-4,9-12H2,1-2H3,(H,20,23). The summed E-state index contributed by atoms with van der Waals surface area (Å²) >= 11 is 0. The Kier molecular flexibility index (Phi) is 10.6. The number of carbonyl (C=O) groups is 2. The van der Waals surface area contributed by atoms with E-state index in [4.69, 9.17) is 10.3 Å². The number of benzene rings is 1. The summed E-state index contributed by atoms with van der Waals surface area (Å²) in [5.74, 6) is -0.390. The van der Waals surface area contributed by atoms with Crippen molar-refractivity contribution >= 4 is 19.2 Å². The summed E-state index contributed by atoms with van der Waals surface area (Å²) in [7, 11) is 3.28. The van der Waals surface area contributed by atoms with Crippen LogP contribution in [0.2, 0.25) is 13.1 Å². The topological polar surface area (TPSA) is 113 Å². The number of nitrogens with zero attached hydrogens (tertiary/aromatic N) is 3. The Hall–Kier alpha value is -2.51. The highest BCUT2D eigenvalue weighted by Gasteiger charge is 2.09. The van der Waals surface area contributed by atoms with Crippen molar-refractivity contribution in [3.05, 3.63) is 45.8 Å². The van der Waals surface area contributed by atoms with Gasteiger partial charge in [-0.15, -0.1) is 0 Å². The van der Waals surface area contributed by atoms with E-state index in [1.807, 2.05) is 14.1 Å². The molecule has 0 saturated carbocycles. The van der Waals surface area contributed by atoms with Crippen molar-refractivity contribution < 1.29 is 19.1 Å². The van der Waals surface area contributed by atoms with Gasteiger partial charge in [0.25, 0.3) is 0 Å². The third-order valence-electron chi connectivity index (χ3n) is 3.61. The molecule has 1 aromatic rings. The minimum absolute atomic E-state index is 0.00930. The number of rotatable bonds is 12. The first-order valence-electron chi connectivity index (χ1n) is 8.48. The summed E-state index contributed by atoms with van der Waals surface area (Å²) in [5.41, 5.74) is 9.96. The molecule has 0 heterocycles. The molecule has 1 atom stereocenters. The first-order chi connectivity index (χ1) is 12.6. The molecule has 0 aliphatic heterocycles. The second kappa shape index (κ2) is 12.8. The molecular weight excluding hydrogens is 335 g/mol. The molecule has 26 heavy (non-hydrogen) atoms. The van der Waals surface area contributed by atoms with Crippen molar-refractivity contribution in [2.24, 2.45) is 5.11 Å². The van der Waals surface area contributed by atoms with Crippen molar-refractivity contribution in [3.63, 3.8) is 0 Å². The van der Waals surface area contributed by atoms with Crippen LogP contribution in [0.3, 0.4) is 0 Å². The van der Waals surface area contributed by atoms with Crippen LogP contribution in [0.25, 0.3) is 10.4 Å². The van der Waals surface area contributed by atoms with Crippen LogP contribution in [0.5, 0.6) is 0 Å². The molecule has 1 unspecified atom stereocenters. The van der Waals surface area contributed by atoms with E-state index in [0.717, 1.165) is 11.9 Å². The van der Waals surface area contributed by atoms with Gasteiger partial charge in [0, 0.05) is 17.9 Å². The normalized spacial score (nSPS) is 11.2. The van der Waals surface area contributed by atoms with Gasteiger partial charge in [-0.2, -0.15) is 0 Å². The van der Waals surface area contributed by atoms with Gasteiger partial charge < -0.3 is 14.8 Å². The molecule has 0 spiro atoms. The maximum atomic E-state index is 11.5. The highest BCUT2D eigenvalue weighted by Crippen LogP contribution is 2.11. The molecule has 0 aromatic heterocycles. The molecule has 0 fully saturated rings. The maximum Gasteiger partial charge on any atom is 0.337 e. The summed E-state index contributed by atoms with van der Waals surface area (Å²) in [6.07, 6.45) is 1.78. The van der Waals surface area contributed by atoms with Crippen molar-refractivity contribution in [2.45, 2.75) is 45.2 Å². The third kappa shape index (κ3) is 8.55. The predicted molar refractivity (Wildman–Crippen MR) is 98.8 cm³/mol. The zero-order valence-corrected chi connectivity index (χ0v) is 15.2. The van der Waals surface area contributed by atoms with Crippen LogP contribution in [0.4, 0.5) is 0 Å². The lowest BCUT2D eigenvalue weighted by atomic mass is 9.77. The number of nitrogens with one attached hydrogen (secondary N) is 1. The van der Waals surface area contributed by atoms with E-state index < -0.39 is 12.2 Å². The number of azide groups is 1. The zero-order valence-electron chi connectivity index (χ0n) is 15.2. The van der Waals surface area contributed by atoms with Gasteiger partial charge in [-0.1, -0.05) is 30.4 Å². The van der Waals surface area contributed by atoms with E-state index in [2.05, 4.69) is 20.1 Å². The fourth-order valence-corrected chi connectivity index (χ4v) is 2.15. The molecule has 1 N–H and O–H groups in total. The van der Waals surface area contributed by atoms with Crippen LogP contribution in [0.1, 0.15) is 35.2 Å².